The molecule has 0 aliphatic rings. The molecule has 2 rings (SSSR count). The van der Waals surface area contributed by atoms with Gasteiger partial charge in [0.25, 0.3) is 0 Å². The van der Waals surface area contributed by atoms with Crippen LogP contribution in [-0.2, 0) is 0 Å². The number of ether oxygens (including phenoxy) is 1. The Balaban J connectivity index is 2.41. The van der Waals surface area contributed by atoms with Gasteiger partial charge in [-0.3, -0.25) is 10.1 Å². The molecule has 1 aromatic carbocycles. The van der Waals surface area contributed by atoms with Crippen LogP contribution in [0.4, 0.5) is 14.5 Å². The SMILES string of the molecule is Cc1cc(C#N)cc(Oc2cc(F)c([N+](=O)[O-])cc2F)n1. The molecule has 0 atom stereocenters. The lowest BCUT2D eigenvalue weighted by atomic mass is 10.2. The molecule has 0 radical (unpaired) electrons. The molecular formula is C13H7F2N3O3. The molecule has 2 aromatic rings. The minimum Gasteiger partial charge on any atom is -0.436 e. The van der Waals surface area contributed by atoms with E-state index in [9.17, 15) is 18.9 Å². The van der Waals surface area contributed by atoms with E-state index in [-0.39, 0.29) is 11.4 Å². The number of nitro groups is 1. The number of benzene rings is 1. The summed E-state index contributed by atoms with van der Waals surface area (Å²) in [5.41, 5.74) is -0.304. The minimum atomic E-state index is -1.23. The fourth-order valence-corrected chi connectivity index (χ4v) is 1.60. The number of aryl methyl sites for hydroxylation is 1. The number of pyridine rings is 1. The smallest absolute Gasteiger partial charge is 0.307 e. The highest BCUT2D eigenvalue weighted by Crippen LogP contribution is 2.29. The Morgan fingerprint density at radius 2 is 2.00 bits per heavy atom. The topological polar surface area (TPSA) is 89.0 Å². The zero-order valence-electron chi connectivity index (χ0n) is 10.6. The van der Waals surface area contributed by atoms with E-state index < -0.39 is 28.0 Å². The summed E-state index contributed by atoms with van der Waals surface area (Å²) in [6.07, 6.45) is 0. The van der Waals surface area contributed by atoms with Crippen molar-refractivity contribution in [2.45, 2.75) is 6.92 Å². The number of nitriles is 1. The normalized spacial score (nSPS) is 10.0. The van der Waals surface area contributed by atoms with Gasteiger partial charge in [-0.2, -0.15) is 9.65 Å². The summed E-state index contributed by atoms with van der Waals surface area (Å²) in [6.45, 7) is 1.60. The molecule has 0 N–H and O–H groups in total. The Bertz CT molecular complexity index is 772. The van der Waals surface area contributed by atoms with Crippen LogP contribution in [0.1, 0.15) is 11.3 Å². The molecule has 0 amide bonds. The number of nitrogens with zero attached hydrogens (tertiary/aromatic N) is 3. The fraction of sp³-hybridized carbons (Fsp3) is 0.0769. The molecule has 0 fully saturated rings. The van der Waals surface area contributed by atoms with Crippen LogP contribution in [0.25, 0.3) is 0 Å². The van der Waals surface area contributed by atoms with Crippen molar-refractivity contribution in [1.29, 1.82) is 5.26 Å². The number of nitro benzene ring substituents is 1. The summed E-state index contributed by atoms with van der Waals surface area (Å²) < 4.78 is 32.2. The van der Waals surface area contributed by atoms with Crippen LogP contribution in [0.15, 0.2) is 24.3 Å². The van der Waals surface area contributed by atoms with Crippen molar-refractivity contribution in [2.75, 3.05) is 0 Å². The summed E-state index contributed by atoms with van der Waals surface area (Å²) in [7, 11) is 0. The first-order chi connectivity index (χ1) is 9.90. The number of rotatable bonds is 3. The lowest BCUT2D eigenvalue weighted by Gasteiger charge is -2.07. The highest BCUT2D eigenvalue weighted by molar-refractivity contribution is 5.42. The summed E-state index contributed by atoms with van der Waals surface area (Å²) in [5.74, 6) is -3.01. The fourth-order valence-electron chi connectivity index (χ4n) is 1.60. The van der Waals surface area contributed by atoms with Crippen molar-refractivity contribution in [2.24, 2.45) is 0 Å². The van der Waals surface area contributed by atoms with Gasteiger partial charge in [0.15, 0.2) is 11.6 Å². The first-order valence-corrected chi connectivity index (χ1v) is 5.61. The predicted molar refractivity (Wildman–Crippen MR) is 66.8 cm³/mol. The van der Waals surface area contributed by atoms with Crippen LogP contribution in [0, 0.1) is 40.0 Å². The molecule has 1 heterocycles. The molecule has 106 valence electrons. The zero-order chi connectivity index (χ0) is 15.6. The Kier molecular flexibility index (Phi) is 3.75. The van der Waals surface area contributed by atoms with Gasteiger partial charge in [0.05, 0.1) is 22.6 Å². The second-order valence-corrected chi connectivity index (χ2v) is 4.04. The maximum Gasteiger partial charge on any atom is 0.307 e. The first kappa shape index (κ1) is 14.3. The second kappa shape index (κ2) is 5.50. The molecule has 0 unspecified atom stereocenters. The van der Waals surface area contributed by atoms with E-state index in [1.807, 2.05) is 6.07 Å². The Labute approximate surface area is 117 Å². The zero-order valence-corrected chi connectivity index (χ0v) is 10.6. The summed E-state index contributed by atoms with van der Waals surface area (Å²) in [4.78, 5) is 13.3. The third-order valence-electron chi connectivity index (χ3n) is 2.47. The molecule has 6 nitrogen and oxygen atoms in total. The average Bonchev–Trinajstić information content (AvgIpc) is 2.41. The van der Waals surface area contributed by atoms with Crippen molar-refractivity contribution in [3.8, 4) is 17.7 Å². The van der Waals surface area contributed by atoms with E-state index in [0.29, 0.717) is 17.8 Å². The maximum absolute atomic E-state index is 13.7. The average molecular weight is 291 g/mol. The van der Waals surface area contributed by atoms with Crippen LogP contribution in [0.5, 0.6) is 11.6 Å². The van der Waals surface area contributed by atoms with Crippen LogP contribution >= 0.6 is 0 Å². The van der Waals surface area contributed by atoms with E-state index >= 15 is 0 Å². The molecular weight excluding hydrogens is 284 g/mol. The minimum absolute atomic E-state index is 0.112. The van der Waals surface area contributed by atoms with Crippen LogP contribution in [-0.4, -0.2) is 9.91 Å². The molecule has 0 saturated carbocycles. The van der Waals surface area contributed by atoms with E-state index in [1.165, 1.54) is 12.1 Å². The van der Waals surface area contributed by atoms with Crippen molar-refractivity contribution in [3.63, 3.8) is 0 Å². The van der Waals surface area contributed by atoms with E-state index in [1.54, 1.807) is 6.92 Å². The number of aromatic nitrogens is 1. The maximum atomic E-state index is 13.7. The highest BCUT2D eigenvalue weighted by atomic mass is 19.1. The summed E-state index contributed by atoms with van der Waals surface area (Å²) in [6, 6.07) is 5.58. The van der Waals surface area contributed by atoms with Crippen molar-refractivity contribution >= 4 is 5.69 Å². The van der Waals surface area contributed by atoms with Crippen LogP contribution < -0.4 is 4.74 Å². The number of hydrogen-bond acceptors (Lipinski definition) is 5. The van der Waals surface area contributed by atoms with Gasteiger partial charge >= 0.3 is 5.69 Å². The quantitative estimate of drug-likeness (QED) is 0.639. The van der Waals surface area contributed by atoms with Crippen LogP contribution in [0.3, 0.4) is 0 Å². The van der Waals surface area contributed by atoms with Gasteiger partial charge in [-0.1, -0.05) is 0 Å². The summed E-state index contributed by atoms with van der Waals surface area (Å²) >= 11 is 0. The third-order valence-corrected chi connectivity index (χ3v) is 2.47. The lowest BCUT2D eigenvalue weighted by Crippen LogP contribution is -1.98. The van der Waals surface area contributed by atoms with Crippen molar-refractivity contribution in [3.05, 3.63) is 57.3 Å². The van der Waals surface area contributed by atoms with Gasteiger partial charge in [0.1, 0.15) is 0 Å². The standard InChI is InChI=1S/C13H7F2N3O3/c1-7-2-8(6-16)3-13(17-7)21-12-5-9(14)11(18(19)20)4-10(12)15/h2-5H,1H3. The Hall–Kier alpha value is -3.08. The number of hydrogen-bond donors (Lipinski definition) is 0. The largest absolute Gasteiger partial charge is 0.436 e. The highest BCUT2D eigenvalue weighted by Gasteiger charge is 2.20. The summed E-state index contributed by atoms with van der Waals surface area (Å²) in [5, 5.41) is 19.3. The van der Waals surface area contributed by atoms with Gasteiger partial charge in [0, 0.05) is 17.8 Å². The Morgan fingerprint density at radius 3 is 2.62 bits per heavy atom. The van der Waals surface area contributed by atoms with Crippen molar-refractivity contribution < 1.29 is 18.4 Å². The molecule has 0 aliphatic carbocycles. The molecule has 8 heteroatoms. The van der Waals surface area contributed by atoms with Crippen LogP contribution in [0.2, 0.25) is 0 Å². The molecule has 21 heavy (non-hydrogen) atoms. The number of halogens is 2. The molecule has 0 spiro atoms. The van der Waals surface area contributed by atoms with E-state index in [4.69, 9.17) is 10.00 Å². The van der Waals surface area contributed by atoms with E-state index in [0.717, 1.165) is 0 Å². The third kappa shape index (κ3) is 3.09. The van der Waals surface area contributed by atoms with Gasteiger partial charge < -0.3 is 4.74 Å². The van der Waals surface area contributed by atoms with Gasteiger partial charge in [-0.25, -0.2) is 9.37 Å². The van der Waals surface area contributed by atoms with Crippen molar-refractivity contribution in [1.82, 2.24) is 4.98 Å². The first-order valence-electron chi connectivity index (χ1n) is 5.61. The molecule has 0 aliphatic heterocycles. The monoisotopic (exact) mass is 291 g/mol. The van der Waals surface area contributed by atoms with E-state index in [2.05, 4.69) is 4.98 Å². The molecule has 0 bridgehead atoms. The van der Waals surface area contributed by atoms with Gasteiger partial charge in [-0.05, 0) is 13.0 Å². The molecule has 0 saturated heterocycles. The lowest BCUT2D eigenvalue weighted by molar-refractivity contribution is -0.387. The van der Waals surface area contributed by atoms with Gasteiger partial charge in [-0.15, -0.1) is 0 Å². The second-order valence-electron chi connectivity index (χ2n) is 4.04. The molecule has 1 aromatic heterocycles. The predicted octanol–water partition coefficient (Wildman–Crippen LogP) is 3.24. The Morgan fingerprint density at radius 1 is 1.29 bits per heavy atom. The van der Waals surface area contributed by atoms with Gasteiger partial charge in [0.2, 0.25) is 11.7 Å².